The van der Waals surface area contributed by atoms with E-state index in [9.17, 15) is 8.42 Å². The smallest absolute Gasteiger partial charge is 0.207 e. The standard InChI is InChI=1S/C16H13ClN2O2S2/c17-14-3-1-2-13(10-14)16-19(8-9-22-16)23(20,21)15-6-4-12(11-18)5-7-15/h1-7,10,16H,8-9H2. The zero-order valence-corrected chi connectivity index (χ0v) is 14.4. The quantitative estimate of drug-likeness (QED) is 0.834. The molecule has 1 aliphatic rings. The van der Waals surface area contributed by atoms with Crippen molar-refractivity contribution in [1.82, 2.24) is 4.31 Å². The summed E-state index contributed by atoms with van der Waals surface area (Å²) in [5.74, 6) is 0.729. The van der Waals surface area contributed by atoms with Gasteiger partial charge in [-0.3, -0.25) is 0 Å². The fourth-order valence-corrected chi connectivity index (χ4v) is 5.89. The van der Waals surface area contributed by atoms with E-state index in [1.165, 1.54) is 28.6 Å². The Labute approximate surface area is 144 Å². The summed E-state index contributed by atoms with van der Waals surface area (Å²) in [6, 6.07) is 15.3. The van der Waals surface area contributed by atoms with Crippen LogP contribution in [0, 0.1) is 11.3 Å². The molecule has 7 heteroatoms. The molecule has 0 amide bonds. The van der Waals surface area contributed by atoms with Gasteiger partial charge in [-0.1, -0.05) is 23.7 Å². The van der Waals surface area contributed by atoms with Gasteiger partial charge >= 0.3 is 0 Å². The van der Waals surface area contributed by atoms with Crippen LogP contribution in [0.3, 0.4) is 0 Å². The molecule has 1 fully saturated rings. The maximum absolute atomic E-state index is 12.9. The Hall–Kier alpha value is -1.52. The molecule has 0 spiro atoms. The molecule has 4 nitrogen and oxygen atoms in total. The molecule has 0 aromatic heterocycles. The summed E-state index contributed by atoms with van der Waals surface area (Å²) in [6.45, 7) is 0.449. The number of benzene rings is 2. The topological polar surface area (TPSA) is 61.2 Å². The van der Waals surface area contributed by atoms with Crippen molar-refractivity contribution in [2.24, 2.45) is 0 Å². The van der Waals surface area contributed by atoms with Crippen LogP contribution in [-0.2, 0) is 10.0 Å². The highest BCUT2D eigenvalue weighted by Gasteiger charge is 2.36. The molecule has 0 radical (unpaired) electrons. The fourth-order valence-electron chi connectivity index (χ4n) is 2.46. The Morgan fingerprint density at radius 2 is 1.96 bits per heavy atom. The minimum Gasteiger partial charge on any atom is -0.207 e. The van der Waals surface area contributed by atoms with E-state index in [0.29, 0.717) is 17.1 Å². The third-order valence-electron chi connectivity index (χ3n) is 3.57. The average Bonchev–Trinajstić information content (AvgIpc) is 3.05. The molecule has 0 bridgehead atoms. The SMILES string of the molecule is N#Cc1ccc(S(=O)(=O)N2CCSC2c2cccc(Cl)c2)cc1. The zero-order valence-electron chi connectivity index (χ0n) is 12.0. The Morgan fingerprint density at radius 1 is 1.22 bits per heavy atom. The molecular weight excluding hydrogens is 352 g/mol. The van der Waals surface area contributed by atoms with E-state index in [-0.39, 0.29) is 10.3 Å². The van der Waals surface area contributed by atoms with Gasteiger partial charge in [0.25, 0.3) is 0 Å². The van der Waals surface area contributed by atoms with E-state index in [2.05, 4.69) is 0 Å². The summed E-state index contributed by atoms with van der Waals surface area (Å²) in [5.41, 5.74) is 1.31. The summed E-state index contributed by atoms with van der Waals surface area (Å²) in [4.78, 5) is 0.200. The number of hydrogen-bond acceptors (Lipinski definition) is 4. The van der Waals surface area contributed by atoms with Gasteiger partial charge in [0, 0.05) is 17.3 Å². The Bertz CT molecular complexity index is 860. The van der Waals surface area contributed by atoms with Crippen LogP contribution >= 0.6 is 23.4 Å². The van der Waals surface area contributed by atoms with Crippen LogP contribution in [0.5, 0.6) is 0 Å². The Morgan fingerprint density at radius 3 is 2.61 bits per heavy atom. The lowest BCUT2D eigenvalue weighted by Crippen LogP contribution is -2.30. The van der Waals surface area contributed by atoms with E-state index >= 15 is 0 Å². The highest BCUT2D eigenvalue weighted by atomic mass is 35.5. The molecule has 3 rings (SSSR count). The first kappa shape index (κ1) is 16.3. The molecule has 1 saturated heterocycles. The predicted molar refractivity (Wildman–Crippen MR) is 91.7 cm³/mol. The first-order valence-corrected chi connectivity index (χ1v) is 9.78. The highest BCUT2D eigenvalue weighted by Crippen LogP contribution is 2.41. The average molecular weight is 365 g/mol. The zero-order chi connectivity index (χ0) is 16.4. The van der Waals surface area contributed by atoms with Gasteiger partial charge in [-0.2, -0.15) is 9.57 Å². The van der Waals surface area contributed by atoms with Crippen molar-refractivity contribution < 1.29 is 8.42 Å². The number of sulfonamides is 1. The van der Waals surface area contributed by atoms with Crippen molar-refractivity contribution in [2.45, 2.75) is 10.3 Å². The van der Waals surface area contributed by atoms with Crippen LogP contribution in [0.1, 0.15) is 16.5 Å². The van der Waals surface area contributed by atoms with Crippen molar-refractivity contribution in [2.75, 3.05) is 12.3 Å². The first-order chi connectivity index (χ1) is 11.0. The number of thioether (sulfide) groups is 1. The molecule has 0 aliphatic carbocycles. The number of halogens is 1. The summed E-state index contributed by atoms with van der Waals surface area (Å²) >= 11 is 7.61. The molecule has 1 aliphatic heterocycles. The van der Waals surface area contributed by atoms with Crippen LogP contribution in [0.25, 0.3) is 0 Å². The lowest BCUT2D eigenvalue weighted by atomic mass is 10.2. The minimum atomic E-state index is -3.61. The normalized spacial score (nSPS) is 18.7. The maximum Gasteiger partial charge on any atom is 0.244 e. The van der Waals surface area contributed by atoms with Crippen LogP contribution < -0.4 is 0 Å². The van der Waals surface area contributed by atoms with E-state index in [0.717, 1.165) is 11.3 Å². The van der Waals surface area contributed by atoms with Crippen molar-refractivity contribution in [1.29, 1.82) is 5.26 Å². The van der Waals surface area contributed by atoms with Gasteiger partial charge in [0.05, 0.1) is 21.9 Å². The first-order valence-electron chi connectivity index (χ1n) is 6.91. The fraction of sp³-hybridized carbons (Fsp3) is 0.188. The lowest BCUT2D eigenvalue weighted by molar-refractivity contribution is 0.434. The van der Waals surface area contributed by atoms with E-state index in [1.807, 2.05) is 18.2 Å². The highest BCUT2D eigenvalue weighted by molar-refractivity contribution is 8.01. The molecule has 118 valence electrons. The molecular formula is C16H13ClN2O2S2. The molecule has 2 aromatic rings. The van der Waals surface area contributed by atoms with E-state index in [1.54, 1.807) is 23.9 Å². The summed E-state index contributed by atoms with van der Waals surface area (Å²) in [7, 11) is -3.61. The van der Waals surface area contributed by atoms with Gasteiger partial charge < -0.3 is 0 Å². The third-order valence-corrected chi connectivity index (χ3v) is 7.08. The molecule has 1 atom stereocenters. The second-order valence-corrected chi connectivity index (χ2v) is 8.55. The molecule has 1 unspecified atom stereocenters. The summed E-state index contributed by atoms with van der Waals surface area (Å²) in [5, 5.41) is 9.14. The van der Waals surface area contributed by atoms with Crippen molar-refractivity contribution >= 4 is 33.4 Å². The van der Waals surface area contributed by atoms with Crippen molar-refractivity contribution in [3.63, 3.8) is 0 Å². The van der Waals surface area contributed by atoms with Gasteiger partial charge in [0.1, 0.15) is 0 Å². The molecule has 23 heavy (non-hydrogen) atoms. The van der Waals surface area contributed by atoms with Crippen LogP contribution in [0.2, 0.25) is 5.02 Å². The van der Waals surface area contributed by atoms with Crippen LogP contribution in [0.15, 0.2) is 53.4 Å². The van der Waals surface area contributed by atoms with Crippen molar-refractivity contribution in [3.8, 4) is 6.07 Å². The maximum atomic E-state index is 12.9. The Balaban J connectivity index is 1.96. The number of rotatable bonds is 3. The largest absolute Gasteiger partial charge is 0.244 e. The second kappa shape index (κ2) is 6.54. The van der Waals surface area contributed by atoms with Gasteiger partial charge in [0.2, 0.25) is 10.0 Å². The van der Waals surface area contributed by atoms with Crippen LogP contribution in [0.4, 0.5) is 0 Å². The van der Waals surface area contributed by atoms with Gasteiger partial charge in [-0.25, -0.2) is 8.42 Å². The number of nitriles is 1. The van der Waals surface area contributed by atoms with E-state index in [4.69, 9.17) is 16.9 Å². The van der Waals surface area contributed by atoms with Crippen molar-refractivity contribution in [3.05, 3.63) is 64.7 Å². The lowest BCUT2D eigenvalue weighted by Gasteiger charge is -2.23. The molecule has 0 saturated carbocycles. The number of hydrogen-bond donors (Lipinski definition) is 0. The Kier molecular flexibility index (Phi) is 4.64. The molecule has 1 heterocycles. The number of nitrogens with zero attached hydrogens (tertiary/aromatic N) is 2. The minimum absolute atomic E-state index is 0.200. The van der Waals surface area contributed by atoms with Gasteiger partial charge in [-0.05, 0) is 42.0 Å². The van der Waals surface area contributed by atoms with Crippen LogP contribution in [-0.4, -0.2) is 25.0 Å². The van der Waals surface area contributed by atoms with Gasteiger partial charge in [-0.15, -0.1) is 11.8 Å². The predicted octanol–water partition coefficient (Wildman–Crippen LogP) is 3.65. The van der Waals surface area contributed by atoms with E-state index < -0.39 is 10.0 Å². The molecule has 0 N–H and O–H groups in total. The van der Waals surface area contributed by atoms with Gasteiger partial charge in [0.15, 0.2) is 0 Å². The summed E-state index contributed by atoms with van der Waals surface area (Å²) in [6.07, 6.45) is 0. The second-order valence-electron chi connectivity index (χ2n) is 5.03. The summed E-state index contributed by atoms with van der Waals surface area (Å²) < 4.78 is 27.3. The third kappa shape index (κ3) is 3.24. The monoisotopic (exact) mass is 364 g/mol. The molecule has 2 aromatic carbocycles.